The molecule has 111 heavy (non-hydrogen) atoms. The van der Waals surface area contributed by atoms with Gasteiger partial charge in [-0.05, 0) is 119 Å². The number of nitrogens with zero attached hydrogens (tertiary/aromatic N) is 4. The normalized spacial score (nSPS) is 20.0. The van der Waals surface area contributed by atoms with E-state index in [2.05, 4.69) is 107 Å². The molecule has 0 bridgehead atoms. The van der Waals surface area contributed by atoms with Crippen LogP contribution in [0.5, 0.6) is 69.0 Å². The van der Waals surface area contributed by atoms with Gasteiger partial charge in [0.25, 0.3) is 22.7 Å². The first kappa shape index (κ1) is 85.7. The van der Waals surface area contributed by atoms with E-state index in [1.165, 1.54) is 37.7 Å². The molecule has 8 aromatic carbocycles. The van der Waals surface area contributed by atoms with Gasteiger partial charge in [-0.15, -0.1) is 18.3 Å². The summed E-state index contributed by atoms with van der Waals surface area (Å²) >= 11 is 0. The summed E-state index contributed by atoms with van der Waals surface area (Å²) in [4.78, 5) is 0. The zero-order valence-electron chi connectivity index (χ0n) is 71.2. The van der Waals surface area contributed by atoms with Crippen molar-refractivity contribution in [3.63, 3.8) is 0 Å². The fraction of sp³-hybridized carbons (Fsp3) is 0.391. The second-order valence-electron chi connectivity index (χ2n) is 23.0. The number of ether oxygens (including phenoxy) is 8. The Bertz CT molecular complexity index is 4950. The Morgan fingerprint density at radius 1 is 0.288 bits per heavy atom. The smallest absolute Gasteiger partial charge is 0.477 e. The highest BCUT2D eigenvalue weighted by molar-refractivity contribution is 7.86. The maximum Gasteiger partial charge on any atom is 0.485 e. The molecule has 4 spiro atoms. The van der Waals surface area contributed by atoms with Crippen molar-refractivity contribution >= 4 is 51.9 Å². The average Bonchev–Trinajstić information content (AvgIpc) is 1.55. The van der Waals surface area contributed by atoms with Crippen molar-refractivity contribution < 1.29 is 60.7 Å². The Morgan fingerprint density at radius 3 is 0.829 bits per heavy atom. The van der Waals surface area contributed by atoms with Gasteiger partial charge in [-0.1, -0.05) is 218 Å². The van der Waals surface area contributed by atoms with Gasteiger partial charge < -0.3 is 37.9 Å². The van der Waals surface area contributed by atoms with Crippen LogP contribution in [0.25, 0.3) is 37.7 Å². The van der Waals surface area contributed by atoms with Crippen molar-refractivity contribution in [3.05, 3.63) is 203 Å². The van der Waals surface area contributed by atoms with Gasteiger partial charge >= 0.3 is 18.3 Å². The fourth-order valence-electron chi connectivity index (χ4n) is 17.3. The summed E-state index contributed by atoms with van der Waals surface area (Å²) in [5.74, 6) is 9.46. The molecule has 0 radical (unpaired) electrons. The summed E-state index contributed by atoms with van der Waals surface area (Å²) in [6, 6.07) is 45.2. The third-order valence-corrected chi connectivity index (χ3v) is 25.7. The lowest BCUT2D eigenvalue weighted by molar-refractivity contribution is -0.851. The monoisotopic (exact) mass is 1540 g/mol. The molecule has 590 valence electrons. The largest absolute Gasteiger partial charge is 0.485 e. The molecular weight excluding hydrogens is 1420 g/mol. The molecule has 16 heterocycles. The molecule has 0 aliphatic carbocycles. The lowest BCUT2D eigenvalue weighted by atomic mass is 9.83. The minimum Gasteiger partial charge on any atom is -0.477 e. The second-order valence-corrected chi connectivity index (χ2v) is 27.5. The van der Waals surface area contributed by atoms with Gasteiger partial charge in [0.15, 0.2) is 24.8 Å². The lowest BCUT2D eigenvalue weighted by Crippen LogP contribution is -2.88. The molecule has 13 aliphatic heterocycles. The fourth-order valence-corrected chi connectivity index (χ4v) is 24.5. The van der Waals surface area contributed by atoms with Crippen LogP contribution in [0.15, 0.2) is 158 Å². The Morgan fingerprint density at radius 2 is 0.532 bits per heavy atom. The molecule has 19 heteroatoms. The van der Waals surface area contributed by atoms with Crippen LogP contribution < -0.4 is 93.6 Å². The maximum atomic E-state index is 16.3. The molecule has 3 aromatic heterocycles. The van der Waals surface area contributed by atoms with Gasteiger partial charge in [0.1, 0.15) is 129 Å². The van der Waals surface area contributed by atoms with Crippen LogP contribution in [-0.2, 0) is 27.2 Å². The van der Waals surface area contributed by atoms with Crippen molar-refractivity contribution in [2.75, 3.05) is 26.9 Å². The highest BCUT2D eigenvalue weighted by atomic mass is 31.2. The van der Waals surface area contributed by atoms with Crippen LogP contribution >= 0.6 is 14.7 Å². The minimum atomic E-state index is -3.44. The Hall–Kier alpha value is -9.31. The standard InChI is InChI=1S/C32H19N4O5P.C32H19N4O4P.14C2H6/c37-42-28-16-8-10-22-26(28)31(24-18(38-14-33-31)4-1-6-20(24)40-22)35-12-3-13-36(30(35)42)32-25-19(39-15-34-32)5-2-7-21(25)41-23-11-9-17(16)29(42)27(23)32;1-4-18-24-20(6-1)39-22-10-8-16-17-9-11-23-27-29(17)41-28(16)26(22)31(24,33-14-37-18)35-12-3-13-36(30(35)41)32(27)25-19(38-15-34-32)5-2-7-21(25)40-23;14*1-2/h1-13,33-34H,14-15H2;1-13,33-34H,14-15H2;14*1-2H3/q2*+2;;;;;;;;;;;;;;. The maximum absolute atomic E-state index is 16.3. The summed E-state index contributed by atoms with van der Waals surface area (Å²) in [5.41, 5.74) is 8.75. The van der Waals surface area contributed by atoms with Crippen molar-refractivity contribution in [1.29, 1.82) is 0 Å². The van der Waals surface area contributed by atoms with Gasteiger partial charge in [0, 0.05) is 10.2 Å². The average molecular weight is 1550 g/mol. The first-order valence-electron chi connectivity index (χ1n) is 41.8. The number of fused-ring (bicyclic) bond motifs is 2. The molecule has 0 saturated carbocycles. The molecule has 11 aromatic rings. The zero-order chi connectivity index (χ0) is 81.4. The van der Waals surface area contributed by atoms with Crippen LogP contribution in [0, 0.1) is 0 Å². The van der Waals surface area contributed by atoms with E-state index in [0.29, 0.717) is 36.5 Å². The molecule has 4 atom stereocenters. The topological polar surface area (TPSA) is 155 Å². The van der Waals surface area contributed by atoms with Crippen LogP contribution in [0.1, 0.15) is 238 Å². The molecule has 0 amide bonds. The van der Waals surface area contributed by atoms with Gasteiger partial charge in [0.2, 0.25) is 0 Å². The van der Waals surface area contributed by atoms with E-state index < -0.39 is 37.3 Å². The van der Waals surface area contributed by atoms with E-state index in [-0.39, 0.29) is 13.5 Å². The first-order chi connectivity index (χ1) is 55.0. The predicted molar refractivity (Wildman–Crippen MR) is 455 cm³/mol. The summed E-state index contributed by atoms with van der Waals surface area (Å²) in [7, 11) is -4.37. The highest BCUT2D eigenvalue weighted by Crippen LogP contribution is 2.70. The van der Waals surface area contributed by atoms with Crippen molar-refractivity contribution in [2.24, 2.45) is 0 Å². The van der Waals surface area contributed by atoms with Gasteiger partial charge in [-0.3, -0.25) is 4.57 Å². The van der Waals surface area contributed by atoms with E-state index in [9.17, 15) is 0 Å². The number of rotatable bonds is 0. The molecule has 4 N–H and O–H groups in total. The number of benzene rings is 8. The molecule has 17 nitrogen and oxygen atoms in total. The van der Waals surface area contributed by atoms with Crippen molar-refractivity contribution in [1.82, 2.24) is 21.3 Å². The predicted octanol–water partition coefficient (Wildman–Crippen LogP) is 21.2. The summed E-state index contributed by atoms with van der Waals surface area (Å²) in [6.45, 7) is 57.3. The van der Waals surface area contributed by atoms with E-state index >= 15 is 4.57 Å². The van der Waals surface area contributed by atoms with Crippen LogP contribution in [0.3, 0.4) is 0 Å². The second kappa shape index (κ2) is 35.6. The van der Waals surface area contributed by atoms with Crippen LogP contribution in [0.2, 0.25) is 0 Å². The summed E-state index contributed by atoms with van der Waals surface area (Å²) in [5, 5.41) is 22.1. The molecule has 13 aliphatic rings. The SMILES string of the molecule is CC.CC.CC.CC.CC.CC.CC.CC.CC.CC.CC.CC.CC.CC.O=P12c3c4ccc5c3C3(NCOc6cccc(c63)O5)[n+]3ccc[n+](c31)C13NCOc5cccc(c51)Oc1ccc-4c2c13.c1cc2c3c(c1)Oc1ccc4c5ccc6c7c5p5c4c1C3(NCO2)[n+]1ccc[n+](c1-5)C71NCOc2cccc(c21)O6. The van der Waals surface area contributed by atoms with E-state index in [0.717, 1.165) is 107 Å². The minimum absolute atomic E-state index is 0.283. The molecule has 4 unspecified atom stereocenters. The quantitative estimate of drug-likeness (QED) is 0.0842. The Balaban J connectivity index is 0.000000195. The van der Waals surface area contributed by atoms with E-state index in [1.807, 2.05) is 285 Å². The summed E-state index contributed by atoms with van der Waals surface area (Å²) < 4.78 is 76.8. The Labute approximate surface area is 662 Å². The zero-order valence-corrected chi connectivity index (χ0v) is 73.0. The third-order valence-electron chi connectivity index (χ3n) is 19.9. The molecule has 0 fully saturated rings. The van der Waals surface area contributed by atoms with E-state index in [1.54, 1.807) is 0 Å². The number of hydrogen-bond donors (Lipinski definition) is 4. The number of nitrogens with one attached hydrogen (secondary N) is 4. The summed E-state index contributed by atoms with van der Waals surface area (Å²) in [6.07, 6.45) is 8.55. The third kappa shape index (κ3) is 11.1. The van der Waals surface area contributed by atoms with E-state index in [4.69, 9.17) is 37.9 Å². The van der Waals surface area contributed by atoms with Gasteiger partial charge in [0.05, 0.1) is 41.4 Å². The van der Waals surface area contributed by atoms with Crippen molar-refractivity contribution in [2.45, 2.75) is 217 Å². The van der Waals surface area contributed by atoms with Crippen LogP contribution in [0.4, 0.5) is 0 Å². The lowest BCUT2D eigenvalue weighted by Gasteiger charge is -2.46. The van der Waals surface area contributed by atoms with Gasteiger partial charge in [-0.2, -0.15) is 0 Å². The van der Waals surface area contributed by atoms with Crippen LogP contribution in [-0.4, -0.2) is 26.9 Å². The van der Waals surface area contributed by atoms with Crippen molar-refractivity contribution in [3.8, 4) is 85.7 Å². The first-order valence-corrected chi connectivity index (χ1v) is 44.9. The molecule has 24 rings (SSSR count). The highest BCUT2D eigenvalue weighted by Gasteiger charge is 2.77. The Kier molecular flexibility index (Phi) is 27.5. The molecule has 0 saturated heterocycles. The molecular formula is C92H122N8O9P2+4. The van der Waals surface area contributed by atoms with Gasteiger partial charge in [-0.25, -0.2) is 21.3 Å². The number of aromatic nitrogens is 4. The number of hydrogen-bond acceptors (Lipinski definition) is 13.